The molecule has 1 aliphatic heterocycles. The maximum Gasteiger partial charge on any atom is 0.186 e. The first-order valence-corrected chi connectivity index (χ1v) is 9.33. The maximum atomic E-state index is 10.2. The Balaban J connectivity index is 1.58. The molecule has 2 aromatic heterocycles. The van der Waals surface area contributed by atoms with Crippen molar-refractivity contribution in [2.45, 2.75) is 12.5 Å². The third kappa shape index (κ3) is 2.66. The first-order valence-electron chi connectivity index (χ1n) is 8.54. The monoisotopic (exact) mass is 439 g/mol. The lowest BCUT2D eigenvalue weighted by Crippen LogP contribution is -2.05. The van der Waals surface area contributed by atoms with Crippen molar-refractivity contribution in [3.05, 3.63) is 58.1 Å². The van der Waals surface area contributed by atoms with Gasteiger partial charge in [-0.3, -0.25) is 0 Å². The minimum atomic E-state index is -0.363. The number of phenols is 1. The summed E-state index contributed by atoms with van der Waals surface area (Å²) in [4.78, 5) is 5.71. The molecule has 4 aromatic rings. The van der Waals surface area contributed by atoms with Crippen molar-refractivity contribution in [3.8, 4) is 11.5 Å². The van der Waals surface area contributed by atoms with E-state index >= 15 is 0 Å². The molecule has 1 N–H and O–H groups in total. The molecule has 9 heteroatoms. The van der Waals surface area contributed by atoms with Gasteiger partial charge in [-0.2, -0.15) is 4.52 Å². The van der Waals surface area contributed by atoms with E-state index in [1.54, 1.807) is 23.8 Å². The summed E-state index contributed by atoms with van der Waals surface area (Å²) in [6.07, 6.45) is 0.125. The second kappa shape index (κ2) is 6.45. The number of phenolic OH excluding ortho intramolecular Hbond substituents is 1. The Bertz CT molecular complexity index is 1250. The Kier molecular flexibility index (Phi) is 3.90. The second-order valence-corrected chi connectivity index (χ2v) is 7.35. The highest BCUT2D eigenvalue weighted by molar-refractivity contribution is 9.10. The number of halogens is 1. The third-order valence-corrected chi connectivity index (χ3v) is 5.28. The van der Waals surface area contributed by atoms with Gasteiger partial charge >= 0.3 is 0 Å². The first-order chi connectivity index (χ1) is 13.6. The Morgan fingerprint density at radius 3 is 2.96 bits per heavy atom. The third-order valence-electron chi connectivity index (χ3n) is 4.79. The molecule has 8 nitrogen and oxygen atoms in total. The Hall–Kier alpha value is -3.20. The molecule has 140 valence electrons. The highest BCUT2D eigenvalue weighted by atomic mass is 79.9. The van der Waals surface area contributed by atoms with Gasteiger partial charge in [0.2, 0.25) is 0 Å². The number of benzene rings is 2. The van der Waals surface area contributed by atoms with E-state index in [4.69, 9.17) is 9.57 Å². The van der Waals surface area contributed by atoms with Crippen LogP contribution in [0.2, 0.25) is 0 Å². The number of rotatable bonds is 3. The number of oxime groups is 1. The molecule has 3 heterocycles. The lowest BCUT2D eigenvalue weighted by molar-refractivity contribution is 0.0865. The van der Waals surface area contributed by atoms with Gasteiger partial charge in [0.15, 0.2) is 11.8 Å². The van der Waals surface area contributed by atoms with Crippen LogP contribution in [-0.4, -0.2) is 38.0 Å². The Morgan fingerprint density at radius 2 is 2.11 bits per heavy atom. The van der Waals surface area contributed by atoms with E-state index in [2.05, 4.69) is 36.6 Å². The maximum absolute atomic E-state index is 10.2. The number of ether oxygens (including phenoxy) is 1. The fraction of sp³-hybridized carbons (Fsp3) is 0.158. The summed E-state index contributed by atoms with van der Waals surface area (Å²) in [5.41, 5.74) is 3.60. The van der Waals surface area contributed by atoms with Gasteiger partial charge in [0.05, 0.1) is 18.3 Å². The number of hydrogen-bond donors (Lipinski definition) is 1. The summed E-state index contributed by atoms with van der Waals surface area (Å²) < 4.78 is 7.87. The van der Waals surface area contributed by atoms with E-state index in [0.717, 1.165) is 26.7 Å². The summed E-state index contributed by atoms with van der Waals surface area (Å²) in [5.74, 6) is 0.901. The standard InChI is InChI=1S/C19H14BrN5O3/c1-27-12-3-4-16-10(6-12)7-14(19-21-23-24-25(16)19)18-9-15(22-28-18)13-8-11(20)2-5-17(13)26/h2-8,18,26H,9H2,1H3. The van der Waals surface area contributed by atoms with Crippen molar-refractivity contribution < 1.29 is 14.7 Å². The predicted molar refractivity (Wildman–Crippen MR) is 106 cm³/mol. The van der Waals surface area contributed by atoms with Gasteiger partial charge in [-0.05, 0) is 52.9 Å². The smallest absolute Gasteiger partial charge is 0.186 e. The first kappa shape index (κ1) is 16.9. The van der Waals surface area contributed by atoms with E-state index in [9.17, 15) is 5.11 Å². The van der Waals surface area contributed by atoms with Crippen LogP contribution in [0.3, 0.4) is 0 Å². The van der Waals surface area contributed by atoms with Gasteiger partial charge in [0, 0.05) is 27.4 Å². The van der Waals surface area contributed by atoms with E-state index < -0.39 is 0 Å². The van der Waals surface area contributed by atoms with Crippen molar-refractivity contribution in [1.29, 1.82) is 0 Å². The second-order valence-electron chi connectivity index (χ2n) is 6.44. The molecule has 5 rings (SSSR count). The summed E-state index contributed by atoms with van der Waals surface area (Å²) in [5, 5.41) is 27.4. The number of pyridine rings is 1. The van der Waals surface area contributed by atoms with Crippen LogP contribution >= 0.6 is 15.9 Å². The topological polar surface area (TPSA) is 94.1 Å². The van der Waals surface area contributed by atoms with Crippen molar-refractivity contribution >= 4 is 38.2 Å². The molecule has 2 aromatic carbocycles. The molecular formula is C19H14BrN5O3. The van der Waals surface area contributed by atoms with Crippen LogP contribution in [0, 0.1) is 0 Å². The number of tetrazole rings is 1. The van der Waals surface area contributed by atoms with Gasteiger partial charge in [0.25, 0.3) is 0 Å². The van der Waals surface area contributed by atoms with Crippen molar-refractivity contribution in [1.82, 2.24) is 20.0 Å². The minimum absolute atomic E-state index is 0.156. The quantitative estimate of drug-likeness (QED) is 0.523. The van der Waals surface area contributed by atoms with Crippen LogP contribution in [-0.2, 0) is 4.84 Å². The largest absolute Gasteiger partial charge is 0.507 e. The van der Waals surface area contributed by atoms with Crippen LogP contribution < -0.4 is 4.74 Å². The summed E-state index contributed by atoms with van der Waals surface area (Å²) in [6, 6.07) is 12.9. The average molecular weight is 440 g/mol. The van der Waals surface area contributed by atoms with E-state index in [1.165, 1.54) is 0 Å². The van der Waals surface area contributed by atoms with Crippen LogP contribution in [0.5, 0.6) is 11.5 Å². The SMILES string of the molecule is COc1ccc2c(c1)cc(C1CC(c3cc(Br)ccc3O)=NO1)c1nnnn12. The minimum Gasteiger partial charge on any atom is -0.507 e. The highest BCUT2D eigenvalue weighted by Crippen LogP contribution is 2.36. The molecule has 0 bridgehead atoms. The van der Waals surface area contributed by atoms with E-state index in [-0.39, 0.29) is 11.9 Å². The van der Waals surface area contributed by atoms with Crippen LogP contribution in [0.15, 0.2) is 52.1 Å². The van der Waals surface area contributed by atoms with Crippen LogP contribution in [0.4, 0.5) is 0 Å². The normalized spacial score (nSPS) is 16.4. The van der Waals surface area contributed by atoms with Crippen molar-refractivity contribution in [2.75, 3.05) is 7.11 Å². The molecule has 0 spiro atoms. The fourth-order valence-electron chi connectivity index (χ4n) is 3.41. The number of aromatic hydroxyl groups is 1. The van der Waals surface area contributed by atoms with Gasteiger partial charge in [0.1, 0.15) is 11.5 Å². The average Bonchev–Trinajstić information content (AvgIpc) is 3.38. The summed E-state index contributed by atoms with van der Waals surface area (Å²) in [7, 11) is 1.63. The zero-order valence-corrected chi connectivity index (χ0v) is 16.3. The lowest BCUT2D eigenvalue weighted by Gasteiger charge is -2.12. The van der Waals surface area contributed by atoms with E-state index in [1.807, 2.05) is 30.3 Å². The number of aromatic nitrogens is 4. The Morgan fingerprint density at radius 1 is 1.21 bits per heavy atom. The van der Waals surface area contributed by atoms with Crippen LogP contribution in [0.1, 0.15) is 23.7 Å². The van der Waals surface area contributed by atoms with Gasteiger partial charge in [-0.1, -0.05) is 21.1 Å². The van der Waals surface area contributed by atoms with Crippen molar-refractivity contribution in [2.24, 2.45) is 5.16 Å². The molecule has 0 amide bonds. The molecule has 0 aliphatic carbocycles. The van der Waals surface area contributed by atoms with Gasteiger partial charge < -0.3 is 14.7 Å². The fourth-order valence-corrected chi connectivity index (χ4v) is 3.77. The molecule has 0 saturated heterocycles. The van der Waals surface area contributed by atoms with Crippen molar-refractivity contribution in [3.63, 3.8) is 0 Å². The molecule has 1 aliphatic rings. The molecule has 0 saturated carbocycles. The molecular weight excluding hydrogens is 426 g/mol. The summed E-state index contributed by atoms with van der Waals surface area (Å²) in [6.45, 7) is 0. The Labute approximate surface area is 167 Å². The summed E-state index contributed by atoms with van der Waals surface area (Å²) >= 11 is 3.42. The predicted octanol–water partition coefficient (Wildman–Crippen LogP) is 3.62. The number of hydrogen-bond acceptors (Lipinski definition) is 7. The number of nitrogens with zero attached hydrogens (tertiary/aromatic N) is 5. The van der Waals surface area contributed by atoms with Gasteiger partial charge in [-0.25, -0.2) is 0 Å². The molecule has 0 fully saturated rings. The zero-order valence-electron chi connectivity index (χ0n) is 14.7. The molecule has 0 radical (unpaired) electrons. The number of methoxy groups -OCH3 is 1. The van der Waals surface area contributed by atoms with Crippen LogP contribution in [0.25, 0.3) is 16.6 Å². The van der Waals surface area contributed by atoms with Gasteiger partial charge in [-0.15, -0.1) is 5.10 Å². The van der Waals surface area contributed by atoms with E-state index in [0.29, 0.717) is 23.3 Å². The highest BCUT2D eigenvalue weighted by Gasteiger charge is 2.29. The number of fused-ring (bicyclic) bond motifs is 3. The zero-order chi connectivity index (χ0) is 19.3. The lowest BCUT2D eigenvalue weighted by atomic mass is 9.99. The molecule has 1 atom stereocenters. The molecule has 28 heavy (non-hydrogen) atoms. The molecule has 1 unspecified atom stereocenters.